The first-order valence-corrected chi connectivity index (χ1v) is 11.3. The molecule has 0 unspecified atom stereocenters. The highest BCUT2D eigenvalue weighted by atomic mass is 16.7. The Bertz CT molecular complexity index is 1070. The molecule has 0 radical (unpaired) electrons. The number of benzene rings is 1. The van der Waals surface area contributed by atoms with Crippen molar-refractivity contribution in [3.05, 3.63) is 46.3 Å². The number of nitrogens with one attached hydrogen (secondary N) is 1. The number of esters is 2. The molecule has 0 aromatic heterocycles. The van der Waals surface area contributed by atoms with Gasteiger partial charge < -0.3 is 29.0 Å². The largest absolute Gasteiger partial charge is 0.468 e. The van der Waals surface area contributed by atoms with Gasteiger partial charge in [0.2, 0.25) is 6.79 Å². The molecular weight excluding hydrogens is 442 g/mol. The van der Waals surface area contributed by atoms with Crippen LogP contribution in [0, 0.1) is 11.8 Å². The molecule has 2 heterocycles. The maximum Gasteiger partial charge on any atom is 0.336 e. The predicted molar refractivity (Wildman–Crippen MR) is 120 cm³/mol. The number of dihydropyridines is 1. The van der Waals surface area contributed by atoms with Crippen LogP contribution in [0.3, 0.4) is 0 Å². The minimum Gasteiger partial charge on any atom is -0.468 e. The van der Waals surface area contributed by atoms with Crippen molar-refractivity contribution in [1.82, 2.24) is 5.32 Å². The van der Waals surface area contributed by atoms with Crippen LogP contribution in [0.25, 0.3) is 0 Å². The summed E-state index contributed by atoms with van der Waals surface area (Å²) in [5.41, 5.74) is 2.64. The molecule has 0 bridgehead atoms. The summed E-state index contributed by atoms with van der Waals surface area (Å²) in [4.78, 5) is 39.5. The summed E-state index contributed by atoms with van der Waals surface area (Å²) in [7, 11) is 1.27. The average Bonchev–Trinajstić information content (AvgIpc) is 3.28. The monoisotopic (exact) mass is 471 g/mol. The number of hydrogen-bond donors (Lipinski definition) is 1. The number of Topliss-reactive ketones (excluding diaryl/α,β-unsaturated/α-hetero) is 1. The Morgan fingerprint density at radius 2 is 1.94 bits per heavy atom. The fourth-order valence-electron chi connectivity index (χ4n) is 4.79. The number of rotatable bonds is 7. The molecule has 182 valence electrons. The van der Waals surface area contributed by atoms with E-state index in [1.54, 1.807) is 25.1 Å². The molecule has 3 atom stereocenters. The Balaban J connectivity index is 1.78. The summed E-state index contributed by atoms with van der Waals surface area (Å²) in [6, 6.07) is 5.32. The van der Waals surface area contributed by atoms with E-state index in [2.05, 4.69) is 5.32 Å². The van der Waals surface area contributed by atoms with Crippen molar-refractivity contribution in [1.29, 1.82) is 0 Å². The molecule has 9 heteroatoms. The number of hydrogen-bond acceptors (Lipinski definition) is 9. The molecule has 2 aliphatic heterocycles. The van der Waals surface area contributed by atoms with Crippen molar-refractivity contribution >= 4 is 17.7 Å². The van der Waals surface area contributed by atoms with Gasteiger partial charge in [-0.25, -0.2) is 4.79 Å². The minimum absolute atomic E-state index is 0.0823. The van der Waals surface area contributed by atoms with E-state index in [1.807, 2.05) is 13.8 Å². The van der Waals surface area contributed by atoms with Crippen LogP contribution < -0.4 is 14.8 Å². The molecule has 4 rings (SSSR count). The zero-order valence-electron chi connectivity index (χ0n) is 19.8. The van der Waals surface area contributed by atoms with Crippen molar-refractivity contribution < 1.29 is 38.1 Å². The van der Waals surface area contributed by atoms with Gasteiger partial charge in [0.15, 0.2) is 17.3 Å². The van der Waals surface area contributed by atoms with Crippen molar-refractivity contribution in [3.8, 4) is 11.5 Å². The number of ketones is 1. The topological polar surface area (TPSA) is 109 Å². The van der Waals surface area contributed by atoms with Crippen LogP contribution in [0.5, 0.6) is 11.5 Å². The first kappa shape index (κ1) is 23.8. The van der Waals surface area contributed by atoms with Gasteiger partial charge in [-0.2, -0.15) is 0 Å². The van der Waals surface area contributed by atoms with Gasteiger partial charge in [0, 0.05) is 29.5 Å². The first-order chi connectivity index (χ1) is 16.4. The highest BCUT2D eigenvalue weighted by Crippen LogP contribution is 2.47. The zero-order valence-corrected chi connectivity index (χ0v) is 19.8. The summed E-state index contributed by atoms with van der Waals surface area (Å²) >= 11 is 0. The maximum atomic E-state index is 13.7. The molecule has 9 nitrogen and oxygen atoms in total. The smallest absolute Gasteiger partial charge is 0.336 e. The van der Waals surface area contributed by atoms with Gasteiger partial charge in [0.1, 0.15) is 12.5 Å². The van der Waals surface area contributed by atoms with Gasteiger partial charge in [-0.3, -0.25) is 9.59 Å². The predicted octanol–water partition coefficient (Wildman–Crippen LogP) is 2.61. The normalized spacial score (nSPS) is 23.4. The first-order valence-electron chi connectivity index (χ1n) is 11.3. The number of ether oxygens (including phenoxy) is 5. The molecule has 0 amide bonds. The molecular formula is C25H29NO8. The molecule has 3 aliphatic rings. The van der Waals surface area contributed by atoms with Crippen molar-refractivity contribution in [3.63, 3.8) is 0 Å². The van der Waals surface area contributed by atoms with Crippen LogP contribution in [0.1, 0.15) is 38.7 Å². The third kappa shape index (κ3) is 4.27. The van der Waals surface area contributed by atoms with Gasteiger partial charge in [-0.15, -0.1) is 0 Å². The van der Waals surface area contributed by atoms with Crippen LogP contribution in [0.15, 0.2) is 40.7 Å². The van der Waals surface area contributed by atoms with Gasteiger partial charge >= 0.3 is 11.9 Å². The summed E-state index contributed by atoms with van der Waals surface area (Å²) < 4.78 is 26.7. The van der Waals surface area contributed by atoms with Crippen LogP contribution in [0.4, 0.5) is 0 Å². The summed E-state index contributed by atoms with van der Waals surface area (Å²) in [5, 5.41) is 3.24. The Hall–Kier alpha value is -3.33. The molecule has 34 heavy (non-hydrogen) atoms. The third-order valence-corrected chi connectivity index (χ3v) is 6.36. The van der Waals surface area contributed by atoms with Crippen LogP contribution in [0.2, 0.25) is 0 Å². The number of allylic oxidation sites excluding steroid dienone is 3. The lowest BCUT2D eigenvalue weighted by molar-refractivity contribution is -0.151. The Labute approximate surface area is 198 Å². The molecule has 0 spiro atoms. The Morgan fingerprint density at radius 3 is 2.68 bits per heavy atom. The fourth-order valence-corrected chi connectivity index (χ4v) is 4.79. The van der Waals surface area contributed by atoms with Gasteiger partial charge in [-0.05, 0) is 43.9 Å². The third-order valence-electron chi connectivity index (χ3n) is 6.36. The van der Waals surface area contributed by atoms with Crippen LogP contribution >= 0.6 is 0 Å². The molecule has 1 aromatic rings. The van der Waals surface area contributed by atoms with E-state index in [0.717, 1.165) is 0 Å². The maximum absolute atomic E-state index is 13.7. The lowest BCUT2D eigenvalue weighted by Crippen LogP contribution is -2.43. The van der Waals surface area contributed by atoms with E-state index in [4.69, 9.17) is 23.7 Å². The van der Waals surface area contributed by atoms with E-state index in [0.29, 0.717) is 52.6 Å². The second-order valence-electron chi connectivity index (χ2n) is 8.48. The summed E-state index contributed by atoms with van der Waals surface area (Å²) in [6.07, 6.45) is 0.464. The standard InChI is InChI=1S/C25H29NO8/c1-5-31-8-9-32-25(29)20-14(3)26-16-10-13(2)19(24(28)30-4)23(27)22(16)21(20)15-6-7-17-18(11-15)34-12-33-17/h6-7,11,13,19,21,26H,5,8-10,12H2,1-4H3/t13-,19+,21-/m1/s1. The number of methoxy groups -OCH3 is 1. The zero-order chi connectivity index (χ0) is 24.4. The molecule has 0 saturated heterocycles. The minimum atomic E-state index is -0.948. The molecule has 1 aliphatic carbocycles. The molecule has 1 N–H and O–H groups in total. The summed E-state index contributed by atoms with van der Waals surface area (Å²) in [5.74, 6) is -2.32. The van der Waals surface area contributed by atoms with Crippen molar-refractivity contribution in [2.75, 3.05) is 33.7 Å². The van der Waals surface area contributed by atoms with E-state index >= 15 is 0 Å². The van der Waals surface area contributed by atoms with Gasteiger partial charge in [-0.1, -0.05) is 13.0 Å². The van der Waals surface area contributed by atoms with Gasteiger partial charge in [0.05, 0.1) is 19.3 Å². The number of carbonyl (C=O) groups is 3. The van der Waals surface area contributed by atoms with Crippen LogP contribution in [-0.2, 0) is 28.6 Å². The number of fused-ring (bicyclic) bond motifs is 1. The molecule has 1 aromatic carbocycles. The van der Waals surface area contributed by atoms with E-state index < -0.39 is 23.8 Å². The lowest BCUT2D eigenvalue weighted by Gasteiger charge is -2.38. The second-order valence-corrected chi connectivity index (χ2v) is 8.48. The van der Waals surface area contributed by atoms with E-state index in [1.165, 1.54) is 7.11 Å². The fraction of sp³-hybridized carbons (Fsp3) is 0.480. The molecule has 0 fully saturated rings. The second kappa shape index (κ2) is 9.89. The molecule has 0 saturated carbocycles. The highest BCUT2D eigenvalue weighted by molar-refractivity contribution is 6.12. The Kier molecular flexibility index (Phi) is 6.92. The highest BCUT2D eigenvalue weighted by Gasteiger charge is 2.47. The SMILES string of the molecule is CCOCCOC(=O)C1=C(C)NC2=C(C(=O)[C@@H](C(=O)OC)[C@H](C)C2)[C@@H]1c1ccc2c(c1)OCO2. The average molecular weight is 472 g/mol. The Morgan fingerprint density at radius 1 is 1.18 bits per heavy atom. The lowest BCUT2D eigenvalue weighted by atomic mass is 9.69. The van der Waals surface area contributed by atoms with Crippen molar-refractivity contribution in [2.24, 2.45) is 11.8 Å². The van der Waals surface area contributed by atoms with E-state index in [9.17, 15) is 14.4 Å². The quantitative estimate of drug-likeness (QED) is 0.365. The summed E-state index contributed by atoms with van der Waals surface area (Å²) in [6.45, 7) is 6.45. The van der Waals surface area contributed by atoms with E-state index in [-0.39, 0.29) is 31.7 Å². The van der Waals surface area contributed by atoms with Crippen molar-refractivity contribution in [2.45, 2.75) is 33.1 Å². The van der Waals surface area contributed by atoms with Gasteiger partial charge in [0.25, 0.3) is 0 Å². The van der Waals surface area contributed by atoms with Crippen LogP contribution in [-0.4, -0.2) is 51.4 Å². The number of carbonyl (C=O) groups excluding carboxylic acids is 3.